The van der Waals surface area contributed by atoms with Crippen molar-refractivity contribution in [3.05, 3.63) is 77.2 Å². The minimum atomic E-state index is -0.411. The molecule has 0 N–H and O–H groups in total. The van der Waals surface area contributed by atoms with Crippen molar-refractivity contribution in [1.29, 1.82) is 0 Å². The number of thioether (sulfide) groups is 1. The zero-order valence-electron chi connectivity index (χ0n) is 15.8. The van der Waals surface area contributed by atoms with Crippen molar-refractivity contribution in [1.82, 2.24) is 5.16 Å². The third kappa shape index (κ3) is 5.10. The summed E-state index contributed by atoms with van der Waals surface area (Å²) in [7, 11) is 0. The fourth-order valence-corrected chi connectivity index (χ4v) is 3.66. The average Bonchev–Trinajstić information content (AvgIpc) is 3.05. The molecule has 5 nitrogen and oxygen atoms in total. The summed E-state index contributed by atoms with van der Waals surface area (Å²) in [5.41, 5.74) is 4.46. The van der Waals surface area contributed by atoms with Gasteiger partial charge in [0.1, 0.15) is 5.76 Å². The molecule has 0 amide bonds. The maximum Gasteiger partial charge on any atom is 0.316 e. The summed E-state index contributed by atoms with van der Waals surface area (Å²) in [6.07, 6.45) is 0. The van der Waals surface area contributed by atoms with Gasteiger partial charge in [-0.15, -0.1) is 11.8 Å². The summed E-state index contributed by atoms with van der Waals surface area (Å²) in [6.45, 7) is 3.46. The Bertz CT molecular complexity index is 929. The molecule has 144 valence electrons. The van der Waals surface area contributed by atoms with Crippen LogP contribution in [0.2, 0.25) is 0 Å². The van der Waals surface area contributed by atoms with Crippen molar-refractivity contribution >= 4 is 23.5 Å². The highest BCUT2D eigenvalue weighted by atomic mass is 32.2. The normalized spacial score (nSPS) is 10.6. The largest absolute Gasteiger partial charge is 0.457 e. The molecule has 0 fully saturated rings. The number of aromatic nitrogens is 1. The van der Waals surface area contributed by atoms with Crippen LogP contribution in [0.1, 0.15) is 27.4 Å². The van der Waals surface area contributed by atoms with Crippen molar-refractivity contribution in [3.63, 3.8) is 0 Å². The number of Topliss-reactive ketones (excluding diaryl/α,β-unsaturated/α-hetero) is 1. The number of ketones is 1. The molecule has 28 heavy (non-hydrogen) atoms. The molecule has 1 heterocycles. The summed E-state index contributed by atoms with van der Waals surface area (Å²) in [5.74, 6) is 0.914. The second-order valence-corrected chi connectivity index (χ2v) is 7.31. The van der Waals surface area contributed by atoms with Crippen molar-refractivity contribution in [3.8, 4) is 11.1 Å². The van der Waals surface area contributed by atoms with E-state index >= 15 is 0 Å². The quantitative estimate of drug-likeness (QED) is 0.409. The van der Waals surface area contributed by atoms with Crippen molar-refractivity contribution < 1.29 is 18.8 Å². The maximum absolute atomic E-state index is 12.2. The van der Waals surface area contributed by atoms with Crippen LogP contribution in [-0.4, -0.2) is 29.3 Å². The Morgan fingerprint density at radius 2 is 1.68 bits per heavy atom. The van der Waals surface area contributed by atoms with Gasteiger partial charge >= 0.3 is 5.97 Å². The number of aryl methyl sites for hydroxylation is 2. The summed E-state index contributed by atoms with van der Waals surface area (Å²) in [6, 6.07) is 17.2. The molecule has 0 radical (unpaired) electrons. The monoisotopic (exact) mass is 395 g/mol. The van der Waals surface area contributed by atoms with Gasteiger partial charge in [0.25, 0.3) is 0 Å². The molecule has 0 bridgehead atoms. The van der Waals surface area contributed by atoms with E-state index in [0.29, 0.717) is 11.3 Å². The zero-order chi connectivity index (χ0) is 19.9. The van der Waals surface area contributed by atoms with Gasteiger partial charge in [-0.2, -0.15) is 0 Å². The van der Waals surface area contributed by atoms with Crippen LogP contribution < -0.4 is 0 Å². The molecule has 2 aromatic carbocycles. The summed E-state index contributed by atoms with van der Waals surface area (Å²) in [5, 5.41) is 3.88. The van der Waals surface area contributed by atoms with Gasteiger partial charge in [-0.25, -0.2) is 0 Å². The number of rotatable bonds is 8. The minimum Gasteiger partial charge on any atom is -0.457 e. The number of esters is 1. The Balaban J connectivity index is 1.45. The lowest BCUT2D eigenvalue weighted by Gasteiger charge is -2.06. The molecule has 0 unspecified atom stereocenters. The van der Waals surface area contributed by atoms with E-state index in [1.165, 1.54) is 11.8 Å². The smallest absolute Gasteiger partial charge is 0.316 e. The molecule has 0 saturated carbocycles. The van der Waals surface area contributed by atoms with E-state index in [0.717, 1.165) is 28.1 Å². The third-order valence-corrected chi connectivity index (χ3v) is 5.26. The first-order chi connectivity index (χ1) is 13.5. The first-order valence-corrected chi connectivity index (χ1v) is 10.0. The van der Waals surface area contributed by atoms with E-state index in [4.69, 9.17) is 9.26 Å². The number of benzene rings is 2. The van der Waals surface area contributed by atoms with Crippen LogP contribution in [0.15, 0.2) is 59.1 Å². The molecule has 0 saturated heterocycles. The van der Waals surface area contributed by atoms with Gasteiger partial charge in [0, 0.05) is 16.9 Å². The Hall–Kier alpha value is -2.86. The Morgan fingerprint density at radius 1 is 1.00 bits per heavy atom. The highest BCUT2D eigenvalue weighted by Gasteiger charge is 2.13. The molecule has 1 aromatic heterocycles. The van der Waals surface area contributed by atoms with Gasteiger partial charge in [0.05, 0.1) is 11.4 Å². The third-order valence-electron chi connectivity index (χ3n) is 4.33. The van der Waals surface area contributed by atoms with E-state index in [-0.39, 0.29) is 18.1 Å². The Labute approximate surface area is 168 Å². The average molecular weight is 395 g/mol. The van der Waals surface area contributed by atoms with Gasteiger partial charge in [0.2, 0.25) is 0 Å². The molecule has 3 aromatic rings. The van der Waals surface area contributed by atoms with Crippen molar-refractivity contribution in [2.24, 2.45) is 0 Å². The summed E-state index contributed by atoms with van der Waals surface area (Å²) < 4.78 is 10.2. The van der Waals surface area contributed by atoms with Crippen LogP contribution in [0.3, 0.4) is 0 Å². The zero-order valence-corrected chi connectivity index (χ0v) is 16.6. The summed E-state index contributed by atoms with van der Waals surface area (Å²) >= 11 is 1.41. The van der Waals surface area contributed by atoms with Crippen LogP contribution in [0.4, 0.5) is 0 Å². The van der Waals surface area contributed by atoms with Crippen LogP contribution in [0, 0.1) is 13.8 Å². The van der Waals surface area contributed by atoms with Gasteiger partial charge in [-0.3, -0.25) is 9.59 Å². The highest BCUT2D eigenvalue weighted by Crippen LogP contribution is 2.20. The van der Waals surface area contributed by atoms with Gasteiger partial charge in [0.15, 0.2) is 12.4 Å². The predicted octanol–water partition coefficient (Wildman–Crippen LogP) is 4.62. The van der Waals surface area contributed by atoms with Gasteiger partial charge < -0.3 is 9.26 Å². The molecule has 0 aliphatic rings. The standard InChI is InChI=1S/C22H21NO4S/c1-15-20(16(2)27-23-15)13-28-14-22(25)26-12-21(24)19-10-8-18(9-11-19)17-6-4-3-5-7-17/h3-11H,12-14H2,1-2H3. The molecule has 0 aliphatic heterocycles. The SMILES string of the molecule is Cc1noc(C)c1CSCC(=O)OCC(=O)c1ccc(-c2ccccc2)cc1. The lowest BCUT2D eigenvalue weighted by atomic mass is 10.0. The Morgan fingerprint density at radius 3 is 2.32 bits per heavy atom. The highest BCUT2D eigenvalue weighted by molar-refractivity contribution is 7.99. The van der Waals surface area contributed by atoms with Crippen LogP contribution >= 0.6 is 11.8 Å². The van der Waals surface area contributed by atoms with Crippen LogP contribution in [0.25, 0.3) is 11.1 Å². The van der Waals surface area contributed by atoms with E-state index < -0.39 is 5.97 Å². The number of carbonyl (C=O) groups is 2. The topological polar surface area (TPSA) is 69.4 Å². The molecule has 3 rings (SSSR count). The van der Waals surface area contributed by atoms with E-state index in [1.807, 2.05) is 56.3 Å². The molecular formula is C22H21NO4S. The second kappa shape index (κ2) is 9.37. The number of ether oxygens (including phenoxy) is 1. The molecule has 0 aliphatic carbocycles. The fraction of sp³-hybridized carbons (Fsp3) is 0.227. The second-order valence-electron chi connectivity index (χ2n) is 6.32. The van der Waals surface area contributed by atoms with Crippen LogP contribution in [-0.2, 0) is 15.3 Å². The van der Waals surface area contributed by atoms with E-state index in [2.05, 4.69) is 5.16 Å². The first-order valence-electron chi connectivity index (χ1n) is 8.88. The van der Waals surface area contributed by atoms with Crippen molar-refractivity contribution in [2.45, 2.75) is 19.6 Å². The van der Waals surface area contributed by atoms with E-state index in [1.54, 1.807) is 12.1 Å². The summed E-state index contributed by atoms with van der Waals surface area (Å²) in [4.78, 5) is 24.1. The van der Waals surface area contributed by atoms with Crippen molar-refractivity contribution in [2.75, 3.05) is 12.4 Å². The first kappa shape index (κ1) is 19.9. The lowest BCUT2D eigenvalue weighted by molar-refractivity contribution is -0.139. The maximum atomic E-state index is 12.2. The molecular weight excluding hydrogens is 374 g/mol. The van der Waals surface area contributed by atoms with Gasteiger partial charge in [-0.1, -0.05) is 59.8 Å². The number of hydrogen-bond acceptors (Lipinski definition) is 6. The molecule has 0 atom stereocenters. The lowest BCUT2D eigenvalue weighted by Crippen LogP contribution is -2.15. The fourth-order valence-electron chi connectivity index (χ4n) is 2.69. The number of carbonyl (C=O) groups excluding carboxylic acids is 2. The Kier molecular flexibility index (Phi) is 6.66. The number of nitrogens with zero attached hydrogens (tertiary/aromatic N) is 1. The number of hydrogen-bond donors (Lipinski definition) is 0. The van der Waals surface area contributed by atoms with Gasteiger partial charge in [-0.05, 0) is 25.0 Å². The minimum absolute atomic E-state index is 0.171. The molecule has 6 heteroatoms. The molecule has 0 spiro atoms. The predicted molar refractivity (Wildman–Crippen MR) is 109 cm³/mol. The van der Waals surface area contributed by atoms with E-state index in [9.17, 15) is 9.59 Å². The van der Waals surface area contributed by atoms with Crippen LogP contribution in [0.5, 0.6) is 0 Å².